The maximum absolute atomic E-state index is 3.66. The maximum atomic E-state index is 3.66. The molecule has 2 rings (SSSR count). The third-order valence-electron chi connectivity index (χ3n) is 3.54. The molecule has 12 heavy (non-hydrogen) atoms. The highest BCUT2D eigenvalue weighted by molar-refractivity contribution is 4.83. The topological polar surface area (TPSA) is 12.0 Å². The minimum atomic E-state index is 0.902. The van der Waals surface area contributed by atoms with Gasteiger partial charge in [-0.2, -0.15) is 0 Å². The molecule has 0 aliphatic heterocycles. The summed E-state index contributed by atoms with van der Waals surface area (Å²) in [5.41, 5.74) is 0. The molecule has 0 radical (unpaired) electrons. The van der Waals surface area contributed by atoms with Crippen LogP contribution in [0.5, 0.6) is 0 Å². The third-order valence-corrected chi connectivity index (χ3v) is 3.54. The summed E-state index contributed by atoms with van der Waals surface area (Å²) in [5.74, 6) is 1.96. The Bertz CT molecular complexity index is 140. The molecule has 70 valence electrons. The molecule has 2 fully saturated rings. The lowest BCUT2D eigenvalue weighted by Crippen LogP contribution is -2.30. The van der Waals surface area contributed by atoms with Crippen LogP contribution in [-0.2, 0) is 0 Å². The van der Waals surface area contributed by atoms with Crippen LogP contribution in [0.1, 0.15) is 45.4 Å². The molecular formula is C11H21N. The number of hydrogen-bond donors (Lipinski definition) is 1. The first-order valence-electron chi connectivity index (χ1n) is 5.59. The smallest absolute Gasteiger partial charge is 0.00683 e. The Labute approximate surface area is 75.9 Å². The van der Waals surface area contributed by atoms with E-state index in [0.717, 1.165) is 17.9 Å². The summed E-state index contributed by atoms with van der Waals surface area (Å²) in [5, 5.41) is 3.66. The van der Waals surface area contributed by atoms with E-state index in [2.05, 4.69) is 12.2 Å². The minimum Gasteiger partial charge on any atom is -0.314 e. The largest absolute Gasteiger partial charge is 0.314 e. The molecule has 0 spiro atoms. The van der Waals surface area contributed by atoms with Crippen LogP contribution >= 0.6 is 0 Å². The van der Waals surface area contributed by atoms with Crippen LogP contribution < -0.4 is 5.32 Å². The van der Waals surface area contributed by atoms with Crippen molar-refractivity contribution in [3.05, 3.63) is 0 Å². The molecule has 0 aromatic rings. The average molecular weight is 167 g/mol. The number of nitrogens with one attached hydrogen (secondary N) is 1. The fraction of sp³-hybridized carbons (Fsp3) is 1.00. The highest BCUT2D eigenvalue weighted by atomic mass is 14.9. The minimum absolute atomic E-state index is 0.902. The van der Waals surface area contributed by atoms with Crippen LogP contribution in [0.25, 0.3) is 0 Å². The van der Waals surface area contributed by atoms with Gasteiger partial charge in [-0.25, -0.2) is 0 Å². The molecule has 0 saturated heterocycles. The van der Waals surface area contributed by atoms with Gasteiger partial charge in [-0.3, -0.25) is 0 Å². The van der Waals surface area contributed by atoms with E-state index < -0.39 is 0 Å². The first kappa shape index (κ1) is 8.55. The molecule has 0 bridgehead atoms. The first-order valence-corrected chi connectivity index (χ1v) is 5.59. The second-order valence-electron chi connectivity index (χ2n) is 4.70. The van der Waals surface area contributed by atoms with Gasteiger partial charge in [0.2, 0.25) is 0 Å². The zero-order valence-corrected chi connectivity index (χ0v) is 8.18. The Balaban J connectivity index is 1.68. The van der Waals surface area contributed by atoms with E-state index in [1.807, 2.05) is 0 Å². The molecule has 2 saturated carbocycles. The Morgan fingerprint density at radius 1 is 1.08 bits per heavy atom. The van der Waals surface area contributed by atoms with Crippen molar-refractivity contribution in [2.24, 2.45) is 11.8 Å². The second kappa shape index (κ2) is 3.78. The van der Waals surface area contributed by atoms with Crippen LogP contribution in [0.3, 0.4) is 0 Å². The van der Waals surface area contributed by atoms with Crippen LogP contribution in [-0.4, -0.2) is 12.6 Å². The Morgan fingerprint density at radius 3 is 2.50 bits per heavy atom. The Morgan fingerprint density at radius 2 is 1.83 bits per heavy atom. The molecule has 1 N–H and O–H groups in total. The highest BCUT2D eigenvalue weighted by Crippen LogP contribution is 2.29. The molecule has 2 aliphatic carbocycles. The standard InChI is InChI=1S/C11H21N/c1-9-4-2-3-5-10(9)8-12-11-6-7-11/h9-12H,2-8H2,1H3. The summed E-state index contributed by atoms with van der Waals surface area (Å²) >= 11 is 0. The van der Waals surface area contributed by atoms with Gasteiger partial charge in [0.05, 0.1) is 0 Å². The molecular weight excluding hydrogens is 146 g/mol. The maximum Gasteiger partial charge on any atom is 0.00683 e. The zero-order valence-electron chi connectivity index (χ0n) is 8.18. The van der Waals surface area contributed by atoms with E-state index in [1.54, 1.807) is 0 Å². The van der Waals surface area contributed by atoms with Crippen LogP contribution in [0.15, 0.2) is 0 Å². The van der Waals surface area contributed by atoms with Gasteiger partial charge in [0.15, 0.2) is 0 Å². The summed E-state index contributed by atoms with van der Waals surface area (Å²) < 4.78 is 0. The average Bonchev–Trinajstić information content (AvgIpc) is 2.86. The third kappa shape index (κ3) is 2.22. The molecule has 2 aliphatic rings. The lowest BCUT2D eigenvalue weighted by Gasteiger charge is -2.28. The predicted octanol–water partition coefficient (Wildman–Crippen LogP) is 2.56. The molecule has 0 aromatic carbocycles. The summed E-state index contributed by atoms with van der Waals surface area (Å²) in [4.78, 5) is 0. The van der Waals surface area contributed by atoms with Gasteiger partial charge in [-0.05, 0) is 37.6 Å². The Kier molecular flexibility index (Phi) is 2.69. The number of hydrogen-bond acceptors (Lipinski definition) is 1. The van der Waals surface area contributed by atoms with Gasteiger partial charge in [-0.15, -0.1) is 0 Å². The summed E-state index contributed by atoms with van der Waals surface area (Å²) in [7, 11) is 0. The van der Waals surface area contributed by atoms with Gasteiger partial charge >= 0.3 is 0 Å². The molecule has 2 unspecified atom stereocenters. The summed E-state index contributed by atoms with van der Waals surface area (Å²) in [6, 6.07) is 0.902. The van der Waals surface area contributed by atoms with Crippen LogP contribution in [0.4, 0.5) is 0 Å². The van der Waals surface area contributed by atoms with E-state index in [9.17, 15) is 0 Å². The lowest BCUT2D eigenvalue weighted by atomic mass is 9.80. The molecule has 2 atom stereocenters. The van der Waals surface area contributed by atoms with Gasteiger partial charge < -0.3 is 5.32 Å². The number of rotatable bonds is 3. The summed E-state index contributed by atoms with van der Waals surface area (Å²) in [6.07, 6.45) is 8.75. The van der Waals surface area contributed by atoms with E-state index in [1.165, 1.54) is 45.1 Å². The molecule has 1 nitrogen and oxygen atoms in total. The van der Waals surface area contributed by atoms with E-state index in [4.69, 9.17) is 0 Å². The van der Waals surface area contributed by atoms with Gasteiger partial charge in [-0.1, -0.05) is 26.2 Å². The van der Waals surface area contributed by atoms with Gasteiger partial charge in [0.25, 0.3) is 0 Å². The normalized spacial score (nSPS) is 36.8. The quantitative estimate of drug-likeness (QED) is 0.681. The predicted molar refractivity (Wildman–Crippen MR) is 52.1 cm³/mol. The van der Waals surface area contributed by atoms with Crippen LogP contribution in [0.2, 0.25) is 0 Å². The summed E-state index contributed by atoms with van der Waals surface area (Å²) in [6.45, 7) is 3.73. The highest BCUT2D eigenvalue weighted by Gasteiger charge is 2.25. The monoisotopic (exact) mass is 167 g/mol. The fourth-order valence-electron chi connectivity index (χ4n) is 2.30. The van der Waals surface area contributed by atoms with Crippen molar-refractivity contribution in [2.75, 3.05) is 6.54 Å². The van der Waals surface area contributed by atoms with E-state index >= 15 is 0 Å². The fourth-order valence-corrected chi connectivity index (χ4v) is 2.30. The van der Waals surface area contributed by atoms with Crippen molar-refractivity contribution in [3.8, 4) is 0 Å². The van der Waals surface area contributed by atoms with E-state index in [-0.39, 0.29) is 0 Å². The second-order valence-corrected chi connectivity index (χ2v) is 4.70. The first-order chi connectivity index (χ1) is 5.86. The Hall–Kier alpha value is -0.0400. The van der Waals surface area contributed by atoms with Crippen LogP contribution in [0, 0.1) is 11.8 Å². The van der Waals surface area contributed by atoms with Gasteiger partial charge in [0, 0.05) is 6.04 Å². The van der Waals surface area contributed by atoms with Crippen molar-refractivity contribution in [1.82, 2.24) is 5.32 Å². The molecule has 1 heteroatoms. The van der Waals surface area contributed by atoms with E-state index in [0.29, 0.717) is 0 Å². The van der Waals surface area contributed by atoms with Crippen molar-refractivity contribution < 1.29 is 0 Å². The van der Waals surface area contributed by atoms with Crippen molar-refractivity contribution >= 4 is 0 Å². The van der Waals surface area contributed by atoms with Crippen molar-refractivity contribution in [1.29, 1.82) is 0 Å². The molecule has 0 amide bonds. The van der Waals surface area contributed by atoms with Gasteiger partial charge in [0.1, 0.15) is 0 Å². The lowest BCUT2D eigenvalue weighted by molar-refractivity contribution is 0.247. The SMILES string of the molecule is CC1CCCCC1CNC1CC1. The zero-order chi connectivity index (χ0) is 8.39. The van der Waals surface area contributed by atoms with Crippen molar-refractivity contribution in [2.45, 2.75) is 51.5 Å². The molecule has 0 heterocycles. The molecule has 0 aromatic heterocycles. The van der Waals surface area contributed by atoms with Crippen molar-refractivity contribution in [3.63, 3.8) is 0 Å².